The lowest BCUT2D eigenvalue weighted by atomic mass is 10.2. The molecule has 10 heteroatoms. The van der Waals surface area contributed by atoms with Gasteiger partial charge < -0.3 is 19.5 Å². The smallest absolute Gasteiger partial charge is 0.271 e. The lowest BCUT2D eigenvalue weighted by Gasteiger charge is -2.12. The molecule has 210 valence electrons. The van der Waals surface area contributed by atoms with Crippen LogP contribution in [0, 0.1) is 6.92 Å². The van der Waals surface area contributed by atoms with Gasteiger partial charge in [0.05, 0.1) is 18.3 Å². The van der Waals surface area contributed by atoms with Crippen LogP contribution in [-0.4, -0.2) is 31.7 Å². The lowest BCUT2D eigenvalue weighted by Crippen LogP contribution is -2.20. The Morgan fingerprint density at radius 1 is 0.854 bits per heavy atom. The molecule has 2 N–H and O–H groups in total. The molecule has 4 aromatic carbocycles. The van der Waals surface area contributed by atoms with Gasteiger partial charge in [-0.2, -0.15) is 5.10 Å². The molecule has 0 radical (unpaired) electrons. The van der Waals surface area contributed by atoms with Gasteiger partial charge in [-0.05, 0) is 72.1 Å². The molecular formula is C31H27Cl2N3O5. The Hall–Kier alpha value is -4.53. The molecule has 0 aliphatic heterocycles. The highest BCUT2D eigenvalue weighted by Crippen LogP contribution is 2.29. The number of halogens is 2. The van der Waals surface area contributed by atoms with Gasteiger partial charge in [0.15, 0.2) is 18.1 Å². The van der Waals surface area contributed by atoms with E-state index in [1.165, 1.54) is 13.3 Å². The van der Waals surface area contributed by atoms with E-state index in [9.17, 15) is 9.59 Å². The molecule has 41 heavy (non-hydrogen) atoms. The van der Waals surface area contributed by atoms with Crippen molar-refractivity contribution in [3.05, 3.63) is 117 Å². The molecule has 8 nitrogen and oxygen atoms in total. The monoisotopic (exact) mass is 591 g/mol. The largest absolute Gasteiger partial charge is 0.493 e. The molecule has 4 aromatic rings. The summed E-state index contributed by atoms with van der Waals surface area (Å²) in [7, 11) is 1.51. The van der Waals surface area contributed by atoms with Crippen molar-refractivity contribution in [3.63, 3.8) is 0 Å². The number of aryl methyl sites for hydroxylation is 1. The second-order valence-corrected chi connectivity index (χ2v) is 9.64. The molecule has 0 unspecified atom stereocenters. The maximum absolute atomic E-state index is 12.6. The molecule has 2 amide bonds. The minimum absolute atomic E-state index is 0.242. The van der Waals surface area contributed by atoms with Crippen molar-refractivity contribution in [2.45, 2.75) is 13.5 Å². The van der Waals surface area contributed by atoms with Crippen LogP contribution in [0.3, 0.4) is 0 Å². The van der Waals surface area contributed by atoms with Crippen LogP contribution >= 0.6 is 23.2 Å². The Balaban J connectivity index is 1.28. The minimum atomic E-state index is -0.430. The van der Waals surface area contributed by atoms with E-state index in [1.807, 2.05) is 43.3 Å². The van der Waals surface area contributed by atoms with Gasteiger partial charge in [0.1, 0.15) is 12.4 Å². The highest BCUT2D eigenvalue weighted by molar-refractivity contribution is 6.32. The van der Waals surface area contributed by atoms with E-state index in [-0.39, 0.29) is 17.5 Å². The number of hydrogen-bond acceptors (Lipinski definition) is 6. The number of hydrazone groups is 1. The Morgan fingerprint density at radius 2 is 1.63 bits per heavy atom. The molecule has 0 saturated heterocycles. The summed E-state index contributed by atoms with van der Waals surface area (Å²) in [5.74, 6) is 0.483. The van der Waals surface area contributed by atoms with Crippen LogP contribution in [0.5, 0.6) is 17.2 Å². The Kier molecular flexibility index (Phi) is 10.2. The van der Waals surface area contributed by atoms with E-state index in [4.69, 9.17) is 37.4 Å². The zero-order chi connectivity index (χ0) is 29.2. The second-order valence-electron chi connectivity index (χ2n) is 8.83. The first-order valence-electron chi connectivity index (χ1n) is 12.5. The number of methoxy groups -OCH3 is 1. The molecule has 0 aliphatic rings. The summed E-state index contributed by atoms with van der Waals surface area (Å²) < 4.78 is 16.8. The van der Waals surface area contributed by atoms with Gasteiger partial charge in [-0.3, -0.25) is 9.59 Å². The number of carbonyl (C=O) groups excluding carboxylic acids is 2. The number of nitrogens with one attached hydrogen (secondary N) is 2. The maximum atomic E-state index is 12.6. The van der Waals surface area contributed by atoms with Crippen LogP contribution in [0.15, 0.2) is 90.0 Å². The molecule has 0 bridgehead atoms. The molecule has 0 heterocycles. The van der Waals surface area contributed by atoms with Crippen molar-refractivity contribution in [1.82, 2.24) is 5.43 Å². The first-order chi connectivity index (χ1) is 19.8. The zero-order valence-corrected chi connectivity index (χ0v) is 23.8. The number of anilines is 1. The third kappa shape index (κ3) is 8.48. The lowest BCUT2D eigenvalue weighted by molar-refractivity contribution is -0.118. The second kappa shape index (κ2) is 14.2. The maximum Gasteiger partial charge on any atom is 0.271 e. The summed E-state index contributed by atoms with van der Waals surface area (Å²) in [5.41, 5.74) is 5.93. The number of amides is 2. The van der Waals surface area contributed by atoms with Crippen LogP contribution < -0.4 is 25.0 Å². The van der Waals surface area contributed by atoms with Gasteiger partial charge in [-0.25, -0.2) is 5.43 Å². The van der Waals surface area contributed by atoms with E-state index in [0.717, 1.165) is 11.1 Å². The first-order valence-corrected chi connectivity index (χ1v) is 13.2. The molecular weight excluding hydrogens is 565 g/mol. The molecule has 4 rings (SSSR count). The Morgan fingerprint density at radius 3 is 2.37 bits per heavy atom. The minimum Gasteiger partial charge on any atom is -0.493 e. The number of carbonyl (C=O) groups is 2. The fourth-order valence-corrected chi connectivity index (χ4v) is 4.04. The molecule has 0 aliphatic carbocycles. The van der Waals surface area contributed by atoms with Gasteiger partial charge in [-0.1, -0.05) is 59.6 Å². The summed E-state index contributed by atoms with van der Waals surface area (Å²) in [6.07, 6.45) is 1.44. The summed E-state index contributed by atoms with van der Waals surface area (Å²) in [5, 5.41) is 7.56. The van der Waals surface area contributed by atoms with Crippen LogP contribution in [0.25, 0.3) is 0 Å². The van der Waals surface area contributed by atoms with Gasteiger partial charge in [0.25, 0.3) is 11.8 Å². The van der Waals surface area contributed by atoms with E-state index >= 15 is 0 Å². The van der Waals surface area contributed by atoms with Crippen molar-refractivity contribution < 1.29 is 23.8 Å². The summed E-state index contributed by atoms with van der Waals surface area (Å²) in [4.78, 5) is 24.9. The van der Waals surface area contributed by atoms with Gasteiger partial charge in [0, 0.05) is 16.3 Å². The van der Waals surface area contributed by atoms with E-state index in [0.29, 0.717) is 45.7 Å². The highest BCUT2D eigenvalue weighted by atomic mass is 35.5. The zero-order valence-electron chi connectivity index (χ0n) is 22.3. The van der Waals surface area contributed by atoms with Crippen molar-refractivity contribution in [1.29, 1.82) is 0 Å². The summed E-state index contributed by atoms with van der Waals surface area (Å²) in [6, 6.07) is 24.8. The van der Waals surface area contributed by atoms with Crippen molar-refractivity contribution >= 4 is 46.9 Å². The first kappa shape index (κ1) is 29.5. The number of ether oxygens (including phenoxy) is 3. The molecule has 0 saturated carbocycles. The van der Waals surface area contributed by atoms with Gasteiger partial charge in [0.2, 0.25) is 0 Å². The number of rotatable bonds is 11. The number of benzene rings is 4. The average molecular weight is 592 g/mol. The van der Waals surface area contributed by atoms with E-state index in [2.05, 4.69) is 15.8 Å². The molecule has 0 spiro atoms. The fraction of sp³-hybridized carbons (Fsp3) is 0.129. The summed E-state index contributed by atoms with van der Waals surface area (Å²) in [6.45, 7) is 2.00. The predicted molar refractivity (Wildman–Crippen MR) is 161 cm³/mol. The number of hydrogen-bond donors (Lipinski definition) is 2. The summed E-state index contributed by atoms with van der Waals surface area (Å²) >= 11 is 12.4. The van der Waals surface area contributed by atoms with E-state index < -0.39 is 5.91 Å². The molecule has 0 atom stereocenters. The van der Waals surface area contributed by atoms with Crippen LogP contribution in [0.1, 0.15) is 27.0 Å². The third-order valence-corrected chi connectivity index (χ3v) is 6.52. The normalized spacial score (nSPS) is 10.7. The Labute approximate surface area is 247 Å². The third-order valence-electron chi connectivity index (χ3n) is 5.81. The highest BCUT2D eigenvalue weighted by Gasteiger charge is 2.12. The quantitative estimate of drug-likeness (QED) is 0.150. The fourth-order valence-electron chi connectivity index (χ4n) is 3.62. The van der Waals surface area contributed by atoms with Gasteiger partial charge >= 0.3 is 0 Å². The molecule has 0 aromatic heterocycles. The predicted octanol–water partition coefficient (Wildman–Crippen LogP) is 6.67. The standard InChI is InChI=1S/C31H27Cl2N3O5/c1-20-8-11-24(16-25(20)32)35-30(37)19-41-27-12-9-22(14-26(27)33)17-34-36-31(38)23-10-13-28(29(15-23)39-2)40-18-21-6-4-3-5-7-21/h3-17H,18-19H2,1-2H3,(H,35,37)(H,36,38)/b34-17+. The van der Waals surface area contributed by atoms with Crippen LogP contribution in [-0.2, 0) is 11.4 Å². The van der Waals surface area contributed by atoms with Crippen LogP contribution in [0.2, 0.25) is 10.0 Å². The van der Waals surface area contributed by atoms with Gasteiger partial charge in [-0.15, -0.1) is 0 Å². The molecule has 0 fully saturated rings. The van der Waals surface area contributed by atoms with Crippen molar-refractivity contribution in [3.8, 4) is 17.2 Å². The van der Waals surface area contributed by atoms with Crippen molar-refractivity contribution in [2.24, 2.45) is 5.10 Å². The SMILES string of the molecule is COc1cc(C(=O)N/N=C/c2ccc(OCC(=O)Nc3ccc(C)c(Cl)c3)c(Cl)c2)ccc1OCc1ccccc1. The van der Waals surface area contributed by atoms with Crippen LogP contribution in [0.4, 0.5) is 5.69 Å². The average Bonchev–Trinajstić information content (AvgIpc) is 2.98. The number of nitrogens with zero attached hydrogens (tertiary/aromatic N) is 1. The Bertz CT molecular complexity index is 1560. The topological polar surface area (TPSA) is 98.3 Å². The van der Waals surface area contributed by atoms with E-state index in [1.54, 1.807) is 48.5 Å². The van der Waals surface area contributed by atoms with Crippen molar-refractivity contribution in [2.75, 3.05) is 19.0 Å².